The summed E-state index contributed by atoms with van der Waals surface area (Å²) in [5, 5.41) is 5.76. The van der Waals surface area contributed by atoms with Crippen LogP contribution in [-0.4, -0.2) is 41.7 Å². The maximum atomic E-state index is 5.72. The Bertz CT molecular complexity index is 578. The standard InChI is InChI=1S/C14H20N4O2/c1-18-13-5-3-2-4-10(13)11(17-18)8-12(16-15)14-9-19-6-7-20-14/h2-5,12,14,16H,6-9,15H2,1H3. The Morgan fingerprint density at radius 1 is 1.45 bits per heavy atom. The number of benzene rings is 1. The number of hydrogen-bond donors (Lipinski definition) is 2. The molecule has 2 aromatic rings. The molecule has 1 aliphatic rings. The fourth-order valence-corrected chi connectivity index (χ4v) is 2.68. The first-order valence-corrected chi connectivity index (χ1v) is 6.85. The summed E-state index contributed by atoms with van der Waals surface area (Å²) in [6, 6.07) is 8.19. The molecule has 0 aliphatic carbocycles. The second kappa shape index (κ2) is 5.88. The van der Waals surface area contributed by atoms with Crippen LogP contribution < -0.4 is 11.3 Å². The van der Waals surface area contributed by atoms with Crippen LogP contribution in [0.3, 0.4) is 0 Å². The Balaban J connectivity index is 1.83. The van der Waals surface area contributed by atoms with Crippen molar-refractivity contribution in [3.05, 3.63) is 30.0 Å². The topological polar surface area (TPSA) is 74.3 Å². The summed E-state index contributed by atoms with van der Waals surface area (Å²) >= 11 is 0. The number of para-hydroxylation sites is 1. The molecule has 3 N–H and O–H groups in total. The molecule has 6 heteroatoms. The van der Waals surface area contributed by atoms with Crippen molar-refractivity contribution in [2.24, 2.45) is 12.9 Å². The number of nitrogens with zero attached hydrogens (tertiary/aromatic N) is 2. The molecule has 3 rings (SSSR count). The second-order valence-electron chi connectivity index (χ2n) is 5.05. The summed E-state index contributed by atoms with van der Waals surface area (Å²) in [6.45, 7) is 1.84. The number of hydrazine groups is 1. The van der Waals surface area contributed by atoms with E-state index < -0.39 is 0 Å². The van der Waals surface area contributed by atoms with Gasteiger partial charge in [0, 0.05) is 18.9 Å². The lowest BCUT2D eigenvalue weighted by molar-refractivity contribution is -0.101. The third-order valence-electron chi connectivity index (χ3n) is 3.75. The maximum Gasteiger partial charge on any atom is 0.0979 e. The molecule has 2 atom stereocenters. The van der Waals surface area contributed by atoms with Gasteiger partial charge in [-0.05, 0) is 6.07 Å². The van der Waals surface area contributed by atoms with E-state index in [0.717, 1.165) is 16.6 Å². The summed E-state index contributed by atoms with van der Waals surface area (Å²) in [6.07, 6.45) is 0.681. The van der Waals surface area contributed by atoms with Crippen molar-refractivity contribution in [1.82, 2.24) is 15.2 Å². The van der Waals surface area contributed by atoms with Crippen LogP contribution >= 0.6 is 0 Å². The van der Waals surface area contributed by atoms with E-state index in [4.69, 9.17) is 15.3 Å². The number of fused-ring (bicyclic) bond motifs is 1. The highest BCUT2D eigenvalue weighted by Gasteiger charge is 2.26. The summed E-state index contributed by atoms with van der Waals surface area (Å²) in [5.41, 5.74) is 4.99. The van der Waals surface area contributed by atoms with E-state index in [-0.39, 0.29) is 12.1 Å². The minimum absolute atomic E-state index is 0.00592. The highest BCUT2D eigenvalue weighted by Crippen LogP contribution is 2.20. The number of ether oxygens (including phenoxy) is 2. The van der Waals surface area contributed by atoms with E-state index >= 15 is 0 Å². The Hall–Kier alpha value is -1.47. The van der Waals surface area contributed by atoms with Gasteiger partial charge in [0.1, 0.15) is 0 Å². The Kier molecular flexibility index (Phi) is 3.98. The number of nitrogens with one attached hydrogen (secondary N) is 1. The van der Waals surface area contributed by atoms with Gasteiger partial charge in [0.2, 0.25) is 0 Å². The lowest BCUT2D eigenvalue weighted by Gasteiger charge is -2.29. The third kappa shape index (κ3) is 2.55. The van der Waals surface area contributed by atoms with Gasteiger partial charge in [0.15, 0.2) is 0 Å². The van der Waals surface area contributed by atoms with E-state index in [1.54, 1.807) is 0 Å². The Morgan fingerprint density at radius 2 is 2.30 bits per heavy atom. The molecular weight excluding hydrogens is 256 g/mol. The van der Waals surface area contributed by atoms with E-state index in [2.05, 4.69) is 22.7 Å². The van der Waals surface area contributed by atoms with Crippen LogP contribution in [0.4, 0.5) is 0 Å². The molecule has 1 aromatic heterocycles. The zero-order chi connectivity index (χ0) is 13.9. The largest absolute Gasteiger partial charge is 0.376 e. The van der Waals surface area contributed by atoms with Crippen LogP contribution in [0.25, 0.3) is 10.9 Å². The lowest BCUT2D eigenvalue weighted by atomic mass is 10.0. The molecule has 0 amide bonds. The summed E-state index contributed by atoms with van der Waals surface area (Å²) < 4.78 is 13.1. The monoisotopic (exact) mass is 276 g/mol. The normalized spacial score (nSPS) is 21.2. The van der Waals surface area contributed by atoms with Crippen LogP contribution in [0.15, 0.2) is 24.3 Å². The molecule has 20 heavy (non-hydrogen) atoms. The average molecular weight is 276 g/mol. The van der Waals surface area contributed by atoms with Gasteiger partial charge < -0.3 is 9.47 Å². The summed E-state index contributed by atoms with van der Waals surface area (Å²) in [5.74, 6) is 5.68. The molecule has 6 nitrogen and oxygen atoms in total. The van der Waals surface area contributed by atoms with E-state index in [9.17, 15) is 0 Å². The first-order valence-electron chi connectivity index (χ1n) is 6.85. The van der Waals surface area contributed by atoms with Crippen LogP contribution in [0.1, 0.15) is 5.69 Å². The first-order chi connectivity index (χ1) is 9.79. The molecule has 1 aromatic carbocycles. The zero-order valence-electron chi connectivity index (χ0n) is 11.6. The Morgan fingerprint density at radius 3 is 3.05 bits per heavy atom. The number of hydrogen-bond acceptors (Lipinski definition) is 5. The molecule has 2 unspecified atom stereocenters. The molecule has 1 aliphatic heterocycles. The van der Waals surface area contributed by atoms with E-state index in [0.29, 0.717) is 26.2 Å². The van der Waals surface area contributed by atoms with E-state index in [1.165, 1.54) is 0 Å². The quantitative estimate of drug-likeness (QED) is 0.623. The van der Waals surface area contributed by atoms with Gasteiger partial charge in [-0.15, -0.1) is 0 Å². The van der Waals surface area contributed by atoms with Crippen molar-refractivity contribution in [3.63, 3.8) is 0 Å². The van der Waals surface area contributed by atoms with Gasteiger partial charge >= 0.3 is 0 Å². The average Bonchev–Trinajstić information content (AvgIpc) is 2.82. The van der Waals surface area contributed by atoms with Gasteiger partial charge in [0.25, 0.3) is 0 Å². The maximum absolute atomic E-state index is 5.72. The number of rotatable bonds is 4. The van der Waals surface area contributed by atoms with Crippen LogP contribution in [0, 0.1) is 0 Å². The molecule has 0 saturated carbocycles. The number of nitrogens with two attached hydrogens (primary N) is 1. The fourth-order valence-electron chi connectivity index (χ4n) is 2.68. The molecule has 1 fully saturated rings. The molecule has 0 spiro atoms. The zero-order valence-corrected chi connectivity index (χ0v) is 11.6. The van der Waals surface area contributed by atoms with Gasteiger partial charge in [-0.1, -0.05) is 18.2 Å². The third-order valence-corrected chi connectivity index (χ3v) is 3.75. The highest BCUT2D eigenvalue weighted by molar-refractivity contribution is 5.81. The number of aryl methyl sites for hydroxylation is 1. The SMILES string of the molecule is Cn1nc(CC(NN)C2COCCO2)c2ccccc21. The van der Waals surface area contributed by atoms with Crippen molar-refractivity contribution >= 4 is 10.9 Å². The second-order valence-corrected chi connectivity index (χ2v) is 5.05. The van der Waals surface area contributed by atoms with Crippen molar-refractivity contribution in [2.45, 2.75) is 18.6 Å². The summed E-state index contributed by atoms with van der Waals surface area (Å²) in [4.78, 5) is 0. The minimum atomic E-state index is -0.0329. The van der Waals surface area contributed by atoms with Crippen molar-refractivity contribution in [1.29, 1.82) is 0 Å². The molecule has 0 radical (unpaired) electrons. The van der Waals surface area contributed by atoms with Crippen LogP contribution in [-0.2, 0) is 22.9 Å². The van der Waals surface area contributed by atoms with Gasteiger partial charge in [-0.3, -0.25) is 16.0 Å². The molecule has 2 heterocycles. The number of aromatic nitrogens is 2. The van der Waals surface area contributed by atoms with Crippen molar-refractivity contribution < 1.29 is 9.47 Å². The van der Waals surface area contributed by atoms with Crippen LogP contribution in [0.5, 0.6) is 0 Å². The predicted octanol–water partition coefficient (Wildman–Crippen LogP) is 0.363. The van der Waals surface area contributed by atoms with Crippen LogP contribution in [0.2, 0.25) is 0 Å². The Labute approximate surface area is 117 Å². The molecule has 108 valence electrons. The summed E-state index contributed by atoms with van der Waals surface area (Å²) in [7, 11) is 1.96. The highest BCUT2D eigenvalue weighted by atomic mass is 16.6. The fraction of sp³-hybridized carbons (Fsp3) is 0.500. The van der Waals surface area contributed by atoms with E-state index in [1.807, 2.05) is 23.9 Å². The first kappa shape index (κ1) is 13.5. The lowest BCUT2D eigenvalue weighted by Crippen LogP contribution is -2.50. The molecule has 0 bridgehead atoms. The smallest absolute Gasteiger partial charge is 0.0979 e. The van der Waals surface area contributed by atoms with Gasteiger partial charge in [-0.2, -0.15) is 5.10 Å². The van der Waals surface area contributed by atoms with Crippen molar-refractivity contribution in [3.8, 4) is 0 Å². The van der Waals surface area contributed by atoms with Gasteiger partial charge in [-0.25, -0.2) is 0 Å². The molecular formula is C14H20N4O2. The molecule has 1 saturated heterocycles. The predicted molar refractivity (Wildman–Crippen MR) is 76.1 cm³/mol. The minimum Gasteiger partial charge on any atom is -0.376 e. The van der Waals surface area contributed by atoms with Gasteiger partial charge in [0.05, 0.1) is 43.2 Å². The van der Waals surface area contributed by atoms with Crippen molar-refractivity contribution in [2.75, 3.05) is 19.8 Å².